The van der Waals surface area contributed by atoms with Crippen LogP contribution in [0.2, 0.25) is 0 Å². The molecule has 7 nitrogen and oxygen atoms in total. The lowest BCUT2D eigenvalue weighted by Gasteiger charge is -2.34. The van der Waals surface area contributed by atoms with E-state index in [-0.39, 0.29) is 24.0 Å². The van der Waals surface area contributed by atoms with Gasteiger partial charge < -0.3 is 15.5 Å². The van der Waals surface area contributed by atoms with Crippen molar-refractivity contribution in [3.8, 4) is 0 Å². The van der Waals surface area contributed by atoms with E-state index in [1.54, 1.807) is 0 Å². The number of anilines is 1. The first-order valence-electron chi connectivity index (χ1n) is 11.0. The number of aromatic nitrogens is 2. The summed E-state index contributed by atoms with van der Waals surface area (Å²) in [6.07, 6.45) is 5.71. The third-order valence-corrected chi connectivity index (χ3v) is 6.16. The van der Waals surface area contributed by atoms with Crippen LogP contribution in [0.4, 0.5) is 5.95 Å². The minimum atomic E-state index is 0. The SMILES string of the molecule is CCNC(=NCCCN1CCN(c2ncccn2)CC1)NC(C)Cc1ccc(C)s1.I. The van der Waals surface area contributed by atoms with Crippen molar-refractivity contribution in [2.24, 2.45) is 4.99 Å². The largest absolute Gasteiger partial charge is 0.357 e. The second kappa shape index (κ2) is 13.8. The molecular formula is C22H36IN7S. The smallest absolute Gasteiger partial charge is 0.225 e. The van der Waals surface area contributed by atoms with Crippen molar-refractivity contribution in [1.29, 1.82) is 0 Å². The van der Waals surface area contributed by atoms with Crippen LogP contribution in [0, 0.1) is 6.92 Å². The Labute approximate surface area is 207 Å². The molecule has 1 saturated heterocycles. The van der Waals surface area contributed by atoms with Gasteiger partial charge in [0, 0.05) is 80.4 Å². The molecule has 2 aromatic heterocycles. The van der Waals surface area contributed by atoms with Crippen LogP contribution in [0.15, 0.2) is 35.6 Å². The first kappa shape index (κ1) is 25.8. The van der Waals surface area contributed by atoms with Gasteiger partial charge in [0.1, 0.15) is 0 Å². The molecule has 1 aliphatic rings. The van der Waals surface area contributed by atoms with Crippen molar-refractivity contribution < 1.29 is 0 Å². The highest BCUT2D eigenvalue weighted by Gasteiger charge is 2.18. The molecule has 2 N–H and O–H groups in total. The molecule has 2 aromatic rings. The average molecular weight is 558 g/mol. The van der Waals surface area contributed by atoms with E-state index in [0.29, 0.717) is 6.04 Å². The van der Waals surface area contributed by atoms with Gasteiger partial charge in [0.25, 0.3) is 0 Å². The van der Waals surface area contributed by atoms with Crippen molar-refractivity contribution in [3.63, 3.8) is 0 Å². The van der Waals surface area contributed by atoms with Crippen LogP contribution in [-0.4, -0.2) is 72.7 Å². The minimum absolute atomic E-state index is 0. The van der Waals surface area contributed by atoms with E-state index in [1.807, 2.05) is 29.8 Å². The van der Waals surface area contributed by atoms with Crippen LogP contribution in [0.1, 0.15) is 30.0 Å². The van der Waals surface area contributed by atoms with Gasteiger partial charge >= 0.3 is 0 Å². The predicted molar refractivity (Wildman–Crippen MR) is 142 cm³/mol. The van der Waals surface area contributed by atoms with Crippen molar-refractivity contribution in [2.75, 3.05) is 50.7 Å². The maximum absolute atomic E-state index is 4.79. The molecule has 0 aliphatic carbocycles. The fourth-order valence-electron chi connectivity index (χ4n) is 3.61. The first-order valence-corrected chi connectivity index (χ1v) is 11.8. The summed E-state index contributed by atoms with van der Waals surface area (Å²) in [5.74, 6) is 1.76. The Morgan fingerprint density at radius 2 is 1.94 bits per heavy atom. The zero-order valence-corrected chi connectivity index (χ0v) is 22.0. The minimum Gasteiger partial charge on any atom is -0.357 e. The van der Waals surface area contributed by atoms with Gasteiger partial charge in [0.2, 0.25) is 5.95 Å². The standard InChI is InChI=1S/C22H35N7S.HI/c1-4-23-21(27-18(2)17-20-8-7-19(3)30-20)24-11-6-12-28-13-15-29(16-14-28)22-25-9-5-10-26-22;/h5,7-10,18H,4,6,11-17H2,1-3H3,(H2,23,24,27);1H. The van der Waals surface area contributed by atoms with E-state index in [2.05, 4.69) is 63.3 Å². The number of nitrogens with zero attached hydrogens (tertiary/aromatic N) is 5. The Hall–Kier alpha value is -1.46. The van der Waals surface area contributed by atoms with E-state index in [4.69, 9.17) is 4.99 Å². The van der Waals surface area contributed by atoms with Crippen LogP contribution in [0.25, 0.3) is 0 Å². The van der Waals surface area contributed by atoms with Gasteiger partial charge in [0.05, 0.1) is 0 Å². The summed E-state index contributed by atoms with van der Waals surface area (Å²) in [5, 5.41) is 6.92. The first-order chi connectivity index (χ1) is 14.6. The monoisotopic (exact) mass is 557 g/mol. The number of hydrogen-bond donors (Lipinski definition) is 2. The molecule has 0 bridgehead atoms. The third-order valence-electron chi connectivity index (χ3n) is 5.14. The lowest BCUT2D eigenvalue weighted by atomic mass is 10.2. The van der Waals surface area contributed by atoms with Gasteiger partial charge in [-0.2, -0.15) is 0 Å². The molecule has 172 valence electrons. The molecule has 0 aromatic carbocycles. The number of hydrogen-bond acceptors (Lipinski definition) is 6. The molecule has 1 fully saturated rings. The van der Waals surface area contributed by atoms with Gasteiger partial charge in [-0.25, -0.2) is 9.97 Å². The van der Waals surface area contributed by atoms with E-state index in [9.17, 15) is 0 Å². The fraction of sp³-hybridized carbons (Fsp3) is 0.591. The Morgan fingerprint density at radius 3 is 2.58 bits per heavy atom. The number of thiophene rings is 1. The molecule has 31 heavy (non-hydrogen) atoms. The lowest BCUT2D eigenvalue weighted by Crippen LogP contribution is -2.47. The van der Waals surface area contributed by atoms with Gasteiger partial charge in [-0.05, 0) is 45.4 Å². The molecule has 3 rings (SSSR count). The normalized spacial score (nSPS) is 16.0. The molecule has 0 amide bonds. The highest BCUT2D eigenvalue weighted by Crippen LogP contribution is 2.16. The highest BCUT2D eigenvalue weighted by atomic mass is 127. The third kappa shape index (κ3) is 8.89. The maximum atomic E-state index is 4.79. The van der Waals surface area contributed by atoms with E-state index in [1.165, 1.54) is 9.75 Å². The number of piperazine rings is 1. The van der Waals surface area contributed by atoms with Crippen molar-refractivity contribution in [1.82, 2.24) is 25.5 Å². The second-order valence-corrected chi connectivity index (χ2v) is 9.13. The summed E-state index contributed by atoms with van der Waals surface area (Å²) >= 11 is 1.88. The lowest BCUT2D eigenvalue weighted by molar-refractivity contribution is 0.255. The van der Waals surface area contributed by atoms with Crippen molar-refractivity contribution >= 4 is 47.2 Å². The summed E-state index contributed by atoms with van der Waals surface area (Å²) in [5.41, 5.74) is 0. The number of aliphatic imine (C=N–C) groups is 1. The topological polar surface area (TPSA) is 68.7 Å². The summed E-state index contributed by atoms with van der Waals surface area (Å²) < 4.78 is 0. The average Bonchev–Trinajstić information content (AvgIpc) is 3.16. The molecule has 0 spiro atoms. The number of halogens is 1. The van der Waals surface area contributed by atoms with Gasteiger partial charge in [-0.15, -0.1) is 35.3 Å². The van der Waals surface area contributed by atoms with Crippen LogP contribution in [0.3, 0.4) is 0 Å². The fourth-order valence-corrected chi connectivity index (χ4v) is 4.63. The van der Waals surface area contributed by atoms with E-state index < -0.39 is 0 Å². The van der Waals surface area contributed by atoms with Crippen LogP contribution in [0.5, 0.6) is 0 Å². The molecule has 1 unspecified atom stereocenters. The maximum Gasteiger partial charge on any atom is 0.225 e. The summed E-state index contributed by atoms with van der Waals surface area (Å²) in [7, 11) is 0. The van der Waals surface area contributed by atoms with E-state index in [0.717, 1.165) is 70.6 Å². The molecule has 9 heteroatoms. The molecule has 0 saturated carbocycles. The van der Waals surface area contributed by atoms with Gasteiger partial charge in [0.15, 0.2) is 5.96 Å². The van der Waals surface area contributed by atoms with Crippen LogP contribution < -0.4 is 15.5 Å². The van der Waals surface area contributed by atoms with Gasteiger partial charge in [-0.1, -0.05) is 0 Å². The molecular weight excluding hydrogens is 521 g/mol. The molecule has 1 atom stereocenters. The second-order valence-electron chi connectivity index (χ2n) is 7.75. The number of guanidine groups is 1. The predicted octanol–water partition coefficient (Wildman–Crippen LogP) is 3.16. The number of aryl methyl sites for hydroxylation is 1. The number of rotatable bonds is 9. The Kier molecular flexibility index (Phi) is 11.5. The Bertz CT molecular complexity index is 775. The summed E-state index contributed by atoms with van der Waals surface area (Å²) in [6.45, 7) is 13.4. The summed E-state index contributed by atoms with van der Waals surface area (Å²) in [4.78, 5) is 21.1. The number of nitrogens with one attached hydrogen (secondary N) is 2. The van der Waals surface area contributed by atoms with Crippen LogP contribution >= 0.6 is 35.3 Å². The van der Waals surface area contributed by atoms with Crippen molar-refractivity contribution in [2.45, 2.75) is 39.7 Å². The Balaban J connectivity index is 0.00000341. The van der Waals surface area contributed by atoms with Gasteiger partial charge in [-0.3, -0.25) is 9.89 Å². The van der Waals surface area contributed by atoms with Crippen LogP contribution in [-0.2, 0) is 6.42 Å². The zero-order valence-electron chi connectivity index (χ0n) is 18.9. The highest BCUT2D eigenvalue weighted by molar-refractivity contribution is 14.0. The zero-order chi connectivity index (χ0) is 21.2. The molecule has 1 aliphatic heterocycles. The van der Waals surface area contributed by atoms with E-state index >= 15 is 0 Å². The summed E-state index contributed by atoms with van der Waals surface area (Å²) in [6, 6.07) is 6.64. The molecule has 0 radical (unpaired) electrons. The molecule has 3 heterocycles. The Morgan fingerprint density at radius 1 is 1.19 bits per heavy atom. The quantitative estimate of drug-likeness (QED) is 0.214. The van der Waals surface area contributed by atoms with Crippen molar-refractivity contribution in [3.05, 3.63) is 40.3 Å².